The van der Waals surface area contributed by atoms with Gasteiger partial charge in [0.2, 0.25) is 0 Å². The van der Waals surface area contributed by atoms with Crippen LogP contribution >= 0.6 is 11.6 Å². The van der Waals surface area contributed by atoms with Crippen molar-refractivity contribution in [2.45, 2.75) is 13.8 Å². The van der Waals surface area contributed by atoms with Gasteiger partial charge in [0.1, 0.15) is 5.82 Å². The molecule has 1 aromatic rings. The van der Waals surface area contributed by atoms with Gasteiger partial charge in [0.15, 0.2) is 11.2 Å². The van der Waals surface area contributed by atoms with Gasteiger partial charge in [0, 0.05) is 18.6 Å². The number of rotatable bonds is 4. The Hall–Kier alpha value is -0.690. The smallest absolute Gasteiger partial charge is 0.196 e. The maximum Gasteiger partial charge on any atom is 0.196 e. The molecule has 0 aliphatic heterocycles. The molecule has 104 valence electrons. The molecule has 0 saturated carbocycles. The van der Waals surface area contributed by atoms with Gasteiger partial charge in [-0.2, -0.15) is 0 Å². The molecule has 0 heterocycles. The minimum absolute atomic E-state index is 0.156. The van der Waals surface area contributed by atoms with Gasteiger partial charge in [0.05, 0.1) is 5.69 Å². The van der Waals surface area contributed by atoms with Crippen molar-refractivity contribution in [2.24, 2.45) is 5.73 Å². The van der Waals surface area contributed by atoms with E-state index in [1.165, 1.54) is 19.2 Å². The van der Waals surface area contributed by atoms with Crippen molar-refractivity contribution in [3.8, 4) is 0 Å². The maximum absolute atomic E-state index is 13.6. The van der Waals surface area contributed by atoms with Gasteiger partial charge in [-0.1, -0.05) is 18.5 Å². The van der Waals surface area contributed by atoms with Crippen molar-refractivity contribution in [1.82, 2.24) is 4.31 Å². The largest absolute Gasteiger partial charge is 0.333 e. The molecule has 1 rings (SSSR count). The standard InChI is InChI=1S/C10H14ClFN2OS.CH5N/c1-4-14(3)16(15)13-9-6-8(11)5-7(2)10(9)12;1-2/h5-6,13H,4H2,1-3H3;2H2,1H3. The van der Waals surface area contributed by atoms with Gasteiger partial charge in [-0.3, -0.25) is 4.72 Å². The molecular weight excluding hydrogens is 277 g/mol. The Balaban J connectivity index is 0.00000137. The zero-order valence-electron chi connectivity index (χ0n) is 11.0. The van der Waals surface area contributed by atoms with Crippen molar-refractivity contribution in [3.05, 3.63) is 28.5 Å². The summed E-state index contributed by atoms with van der Waals surface area (Å²) in [7, 11) is 3.18. The van der Waals surface area contributed by atoms with Crippen LogP contribution in [0.2, 0.25) is 5.02 Å². The first-order chi connectivity index (χ1) is 8.45. The molecule has 7 heteroatoms. The quantitative estimate of drug-likeness (QED) is 0.895. The second kappa shape index (κ2) is 8.42. The number of hydrogen-bond donors (Lipinski definition) is 2. The molecule has 18 heavy (non-hydrogen) atoms. The van der Waals surface area contributed by atoms with Gasteiger partial charge in [-0.25, -0.2) is 12.9 Å². The lowest BCUT2D eigenvalue weighted by Crippen LogP contribution is -2.26. The molecule has 0 bridgehead atoms. The van der Waals surface area contributed by atoms with Gasteiger partial charge < -0.3 is 5.73 Å². The Kier molecular flexibility index (Phi) is 8.10. The molecule has 0 aliphatic rings. The van der Waals surface area contributed by atoms with E-state index in [1.54, 1.807) is 18.3 Å². The molecule has 1 unspecified atom stereocenters. The Labute approximate surface area is 115 Å². The molecule has 0 aromatic heterocycles. The Morgan fingerprint density at radius 2 is 2.06 bits per heavy atom. The fraction of sp³-hybridized carbons (Fsp3) is 0.455. The lowest BCUT2D eigenvalue weighted by molar-refractivity contribution is 0.551. The lowest BCUT2D eigenvalue weighted by atomic mass is 10.2. The van der Waals surface area contributed by atoms with Crippen LogP contribution in [0.15, 0.2) is 12.1 Å². The third-order valence-corrected chi connectivity index (χ3v) is 3.58. The third kappa shape index (κ3) is 4.89. The Morgan fingerprint density at radius 3 is 2.56 bits per heavy atom. The van der Waals surface area contributed by atoms with E-state index in [1.807, 2.05) is 6.92 Å². The van der Waals surface area contributed by atoms with Crippen molar-refractivity contribution < 1.29 is 8.60 Å². The first-order valence-corrected chi connectivity index (χ1v) is 6.87. The zero-order valence-corrected chi connectivity index (χ0v) is 12.5. The fourth-order valence-electron chi connectivity index (χ4n) is 1.09. The summed E-state index contributed by atoms with van der Waals surface area (Å²) >= 11 is 4.34. The van der Waals surface area contributed by atoms with Crippen LogP contribution in [-0.4, -0.2) is 29.2 Å². The third-order valence-electron chi connectivity index (χ3n) is 2.14. The number of hydrogen-bond acceptors (Lipinski definition) is 2. The molecule has 0 spiro atoms. The number of anilines is 1. The van der Waals surface area contributed by atoms with Gasteiger partial charge in [-0.05, 0) is 31.7 Å². The van der Waals surface area contributed by atoms with E-state index in [4.69, 9.17) is 11.6 Å². The van der Waals surface area contributed by atoms with Crippen molar-refractivity contribution in [1.29, 1.82) is 0 Å². The summed E-state index contributed by atoms with van der Waals surface area (Å²) in [6.45, 7) is 4.07. The predicted molar refractivity (Wildman–Crippen MR) is 76.3 cm³/mol. The van der Waals surface area contributed by atoms with Crippen molar-refractivity contribution in [3.63, 3.8) is 0 Å². The SMILES string of the molecule is CCN(C)S(=O)Nc1cc(Cl)cc(C)c1F.CN. The Bertz CT molecular complexity index is 418. The summed E-state index contributed by atoms with van der Waals surface area (Å²) in [6.07, 6.45) is 0. The van der Waals surface area contributed by atoms with Gasteiger partial charge >= 0.3 is 0 Å². The minimum Gasteiger partial charge on any atom is -0.333 e. The summed E-state index contributed by atoms with van der Waals surface area (Å²) in [4.78, 5) is 0. The summed E-state index contributed by atoms with van der Waals surface area (Å²) in [5.74, 6) is -0.428. The summed E-state index contributed by atoms with van der Waals surface area (Å²) in [5, 5.41) is 0.414. The number of nitrogens with two attached hydrogens (primary N) is 1. The van der Waals surface area contributed by atoms with E-state index < -0.39 is 17.0 Å². The monoisotopic (exact) mass is 295 g/mol. The number of aryl methyl sites for hydroxylation is 1. The van der Waals surface area contributed by atoms with Crippen LogP contribution in [0.1, 0.15) is 12.5 Å². The number of nitrogens with one attached hydrogen (secondary N) is 1. The van der Waals surface area contributed by atoms with E-state index in [9.17, 15) is 8.60 Å². The minimum atomic E-state index is -1.46. The van der Waals surface area contributed by atoms with E-state index in [2.05, 4.69) is 10.5 Å². The van der Waals surface area contributed by atoms with Crippen LogP contribution < -0.4 is 10.5 Å². The molecule has 0 saturated heterocycles. The van der Waals surface area contributed by atoms with E-state index in [-0.39, 0.29) is 5.69 Å². The average molecular weight is 296 g/mol. The van der Waals surface area contributed by atoms with Crippen LogP contribution in [-0.2, 0) is 11.2 Å². The van der Waals surface area contributed by atoms with Crippen molar-refractivity contribution >= 4 is 28.5 Å². The topological polar surface area (TPSA) is 58.4 Å². The molecular formula is C11H19ClFN3OS. The maximum atomic E-state index is 13.6. The highest BCUT2D eigenvalue weighted by Crippen LogP contribution is 2.23. The molecule has 1 aromatic carbocycles. The van der Waals surface area contributed by atoms with Gasteiger partial charge in [0.25, 0.3) is 0 Å². The van der Waals surface area contributed by atoms with Crippen LogP contribution in [0, 0.1) is 12.7 Å². The Morgan fingerprint density at radius 1 is 1.50 bits per heavy atom. The number of halogens is 2. The van der Waals surface area contributed by atoms with Crippen LogP contribution in [0.25, 0.3) is 0 Å². The summed E-state index contributed by atoms with van der Waals surface area (Å²) in [5.41, 5.74) is 5.08. The van der Waals surface area contributed by atoms with Gasteiger partial charge in [-0.15, -0.1) is 0 Å². The molecule has 3 N–H and O–H groups in total. The molecule has 0 aliphatic carbocycles. The highest BCUT2D eigenvalue weighted by molar-refractivity contribution is 7.84. The normalized spacial score (nSPS) is 11.8. The first kappa shape index (κ1) is 17.3. The van der Waals surface area contributed by atoms with Crippen LogP contribution in [0.4, 0.5) is 10.1 Å². The second-order valence-electron chi connectivity index (χ2n) is 3.38. The van der Waals surface area contributed by atoms with Crippen molar-refractivity contribution in [2.75, 3.05) is 25.4 Å². The lowest BCUT2D eigenvalue weighted by Gasteiger charge is -2.15. The highest BCUT2D eigenvalue weighted by Gasteiger charge is 2.11. The summed E-state index contributed by atoms with van der Waals surface area (Å²) < 4.78 is 29.4. The van der Waals surface area contributed by atoms with E-state index >= 15 is 0 Å². The van der Waals surface area contributed by atoms with Crippen LogP contribution in [0.3, 0.4) is 0 Å². The molecule has 0 amide bonds. The van der Waals surface area contributed by atoms with E-state index in [0.29, 0.717) is 17.1 Å². The molecule has 4 nitrogen and oxygen atoms in total. The second-order valence-corrected chi connectivity index (χ2v) is 5.14. The fourth-order valence-corrected chi connectivity index (χ4v) is 2.09. The van der Waals surface area contributed by atoms with Crippen LogP contribution in [0.5, 0.6) is 0 Å². The molecule has 0 radical (unpaired) electrons. The number of benzene rings is 1. The predicted octanol–water partition coefficient (Wildman–Crippen LogP) is 2.30. The van der Waals surface area contributed by atoms with E-state index in [0.717, 1.165) is 0 Å². The number of nitrogens with zero attached hydrogens (tertiary/aromatic N) is 1. The highest BCUT2D eigenvalue weighted by atomic mass is 35.5. The first-order valence-electron chi connectivity index (χ1n) is 5.38. The molecule has 1 atom stereocenters. The zero-order chi connectivity index (χ0) is 14.3. The average Bonchev–Trinajstić information content (AvgIpc) is 2.36. The summed E-state index contributed by atoms with van der Waals surface area (Å²) in [6, 6.07) is 2.94. The molecule has 0 fully saturated rings.